The van der Waals surface area contributed by atoms with Crippen LogP contribution in [0.4, 0.5) is 16.3 Å². The maximum Gasteiger partial charge on any atom is 0.323 e. The van der Waals surface area contributed by atoms with Crippen molar-refractivity contribution in [1.29, 1.82) is 0 Å². The minimum absolute atomic E-state index is 0.0737. The SMILES string of the molecule is CC1(O)CC(N2C(=O)NCc3cc(OCCN4C(=O)C5(CCNCC5)c5cc(Cl)ccc54)cnc32)C1. The number of aliphatic hydroxyl groups is 1. The van der Waals surface area contributed by atoms with Crippen LogP contribution in [0.15, 0.2) is 30.5 Å². The van der Waals surface area contributed by atoms with Crippen LogP contribution in [0.25, 0.3) is 0 Å². The quantitative estimate of drug-likeness (QED) is 0.570. The first-order chi connectivity index (χ1) is 17.3. The fourth-order valence-electron chi connectivity index (χ4n) is 6.16. The van der Waals surface area contributed by atoms with Gasteiger partial charge in [-0.3, -0.25) is 9.69 Å². The number of urea groups is 1. The standard InChI is InChI=1S/C26H30ClN5O4/c1-25(35)12-18(13-25)32-22-16(14-30-24(32)34)10-19(15-29-22)36-9-8-31-21-3-2-17(27)11-20(21)26(23(31)33)4-6-28-7-5-26/h2-3,10-11,15,18,28,35H,4-9,12-14H2,1H3,(H,30,34). The van der Waals surface area contributed by atoms with E-state index in [1.165, 1.54) is 0 Å². The number of hydrogen-bond donors (Lipinski definition) is 3. The number of fused-ring (bicyclic) bond motifs is 3. The van der Waals surface area contributed by atoms with E-state index in [1.807, 2.05) is 29.2 Å². The summed E-state index contributed by atoms with van der Waals surface area (Å²) in [5, 5.41) is 17.0. The van der Waals surface area contributed by atoms with E-state index >= 15 is 0 Å². The van der Waals surface area contributed by atoms with Gasteiger partial charge in [-0.1, -0.05) is 11.6 Å². The third kappa shape index (κ3) is 3.81. The fraction of sp³-hybridized carbons (Fsp3) is 0.500. The van der Waals surface area contributed by atoms with Crippen molar-refractivity contribution >= 4 is 35.0 Å². The number of piperidine rings is 1. The Balaban J connectivity index is 1.16. The van der Waals surface area contributed by atoms with Crippen LogP contribution in [-0.2, 0) is 16.8 Å². The molecular formula is C26H30ClN5O4. The number of aromatic nitrogens is 1. The Labute approximate surface area is 214 Å². The van der Waals surface area contributed by atoms with E-state index in [9.17, 15) is 14.7 Å². The largest absolute Gasteiger partial charge is 0.490 e. The number of pyridine rings is 1. The molecule has 1 saturated heterocycles. The highest BCUT2D eigenvalue weighted by Crippen LogP contribution is 2.48. The van der Waals surface area contributed by atoms with E-state index in [0.29, 0.717) is 49.1 Å². The first-order valence-corrected chi connectivity index (χ1v) is 12.9. The van der Waals surface area contributed by atoms with Crippen LogP contribution in [0.5, 0.6) is 5.75 Å². The highest BCUT2D eigenvalue weighted by Gasteiger charge is 2.51. The second-order valence-electron chi connectivity index (χ2n) is 10.5. The molecule has 1 aromatic carbocycles. The molecule has 1 aromatic heterocycles. The summed E-state index contributed by atoms with van der Waals surface area (Å²) < 4.78 is 6.03. The average molecular weight is 512 g/mol. The molecule has 6 rings (SSSR count). The summed E-state index contributed by atoms with van der Waals surface area (Å²) in [5.41, 5.74) is 1.53. The van der Waals surface area contributed by atoms with Crippen molar-refractivity contribution in [1.82, 2.24) is 15.6 Å². The second-order valence-corrected chi connectivity index (χ2v) is 11.0. The average Bonchev–Trinajstić information content (AvgIpc) is 3.05. The van der Waals surface area contributed by atoms with Crippen LogP contribution >= 0.6 is 11.6 Å². The Morgan fingerprint density at radius 2 is 2.00 bits per heavy atom. The molecule has 0 radical (unpaired) electrons. The number of amides is 3. The van der Waals surface area contributed by atoms with Gasteiger partial charge in [0.2, 0.25) is 5.91 Å². The Morgan fingerprint density at radius 1 is 1.22 bits per heavy atom. The van der Waals surface area contributed by atoms with Gasteiger partial charge in [0.05, 0.1) is 23.8 Å². The third-order valence-electron chi connectivity index (χ3n) is 7.97. The van der Waals surface area contributed by atoms with E-state index in [-0.39, 0.29) is 18.0 Å². The Hall–Kier alpha value is -2.88. The maximum absolute atomic E-state index is 13.6. The first kappa shape index (κ1) is 23.5. The van der Waals surface area contributed by atoms with Crippen LogP contribution in [0.1, 0.15) is 43.7 Å². The fourth-order valence-corrected chi connectivity index (χ4v) is 6.33. The number of benzene rings is 1. The monoisotopic (exact) mass is 511 g/mol. The smallest absolute Gasteiger partial charge is 0.323 e. The summed E-state index contributed by atoms with van der Waals surface area (Å²) in [6.07, 6.45) is 4.17. The topological polar surface area (TPSA) is 107 Å². The molecule has 9 nitrogen and oxygen atoms in total. The number of hydrogen-bond acceptors (Lipinski definition) is 6. The van der Waals surface area contributed by atoms with Gasteiger partial charge >= 0.3 is 6.03 Å². The molecule has 3 aliphatic heterocycles. The summed E-state index contributed by atoms with van der Waals surface area (Å²) >= 11 is 6.31. The van der Waals surface area contributed by atoms with E-state index in [1.54, 1.807) is 18.0 Å². The molecule has 36 heavy (non-hydrogen) atoms. The highest BCUT2D eigenvalue weighted by molar-refractivity contribution is 6.31. The molecule has 4 heterocycles. The lowest BCUT2D eigenvalue weighted by molar-refractivity contribution is -0.124. The van der Waals surface area contributed by atoms with Gasteiger partial charge in [0.1, 0.15) is 18.2 Å². The molecule has 1 saturated carbocycles. The number of ether oxygens (including phenoxy) is 1. The van der Waals surface area contributed by atoms with E-state index in [2.05, 4.69) is 15.6 Å². The van der Waals surface area contributed by atoms with Gasteiger partial charge < -0.3 is 25.4 Å². The van der Waals surface area contributed by atoms with Crippen molar-refractivity contribution in [2.45, 2.75) is 56.2 Å². The number of anilines is 2. The lowest BCUT2D eigenvalue weighted by Gasteiger charge is -2.47. The molecular weight excluding hydrogens is 482 g/mol. The molecule has 2 aromatic rings. The van der Waals surface area contributed by atoms with Gasteiger partial charge in [-0.2, -0.15) is 0 Å². The van der Waals surface area contributed by atoms with Gasteiger partial charge in [0, 0.05) is 28.9 Å². The molecule has 3 amide bonds. The summed E-state index contributed by atoms with van der Waals surface area (Å²) in [7, 11) is 0. The van der Waals surface area contributed by atoms with Crippen LogP contribution < -0.4 is 25.2 Å². The predicted octanol–water partition coefficient (Wildman–Crippen LogP) is 2.72. The zero-order valence-corrected chi connectivity index (χ0v) is 21.0. The molecule has 0 atom stereocenters. The van der Waals surface area contributed by atoms with Gasteiger partial charge in [-0.25, -0.2) is 9.78 Å². The second kappa shape index (κ2) is 8.61. The number of carbonyl (C=O) groups excluding carboxylic acids is 2. The normalized spacial score (nSPS) is 26.4. The van der Waals surface area contributed by atoms with Crippen molar-refractivity contribution in [3.8, 4) is 5.75 Å². The summed E-state index contributed by atoms with van der Waals surface area (Å²) in [6, 6.07) is 7.32. The molecule has 0 bridgehead atoms. The molecule has 2 fully saturated rings. The van der Waals surface area contributed by atoms with Crippen molar-refractivity contribution in [3.63, 3.8) is 0 Å². The zero-order valence-electron chi connectivity index (χ0n) is 20.2. The van der Waals surface area contributed by atoms with Gasteiger partial charge in [0.25, 0.3) is 0 Å². The Morgan fingerprint density at radius 3 is 2.75 bits per heavy atom. The Bertz CT molecular complexity index is 1220. The molecule has 190 valence electrons. The number of halogens is 1. The van der Waals surface area contributed by atoms with Gasteiger partial charge in [-0.15, -0.1) is 0 Å². The molecule has 4 aliphatic rings. The molecule has 1 spiro atoms. The van der Waals surface area contributed by atoms with E-state index in [0.717, 1.165) is 42.7 Å². The molecule has 0 unspecified atom stereocenters. The maximum atomic E-state index is 13.6. The van der Waals surface area contributed by atoms with Crippen LogP contribution in [-0.4, -0.2) is 59.9 Å². The lowest BCUT2D eigenvalue weighted by atomic mass is 9.74. The number of nitrogens with zero attached hydrogens (tertiary/aromatic N) is 3. The Kier molecular flexibility index (Phi) is 5.62. The minimum atomic E-state index is -0.741. The van der Waals surface area contributed by atoms with E-state index < -0.39 is 11.0 Å². The summed E-state index contributed by atoms with van der Waals surface area (Å²) in [6.45, 7) is 4.47. The first-order valence-electron chi connectivity index (χ1n) is 12.5. The summed E-state index contributed by atoms with van der Waals surface area (Å²) in [4.78, 5) is 34.1. The van der Waals surface area contributed by atoms with Gasteiger partial charge in [-0.05, 0) is 75.5 Å². The van der Waals surface area contributed by atoms with Crippen molar-refractivity contribution in [2.24, 2.45) is 0 Å². The van der Waals surface area contributed by atoms with Crippen molar-refractivity contribution in [3.05, 3.63) is 46.6 Å². The molecule has 10 heteroatoms. The van der Waals surface area contributed by atoms with E-state index in [4.69, 9.17) is 16.3 Å². The third-order valence-corrected chi connectivity index (χ3v) is 8.21. The summed E-state index contributed by atoms with van der Waals surface area (Å²) in [5.74, 6) is 1.31. The van der Waals surface area contributed by atoms with Crippen molar-refractivity contribution in [2.75, 3.05) is 36.0 Å². The predicted molar refractivity (Wildman–Crippen MR) is 136 cm³/mol. The van der Waals surface area contributed by atoms with Crippen LogP contribution in [0.2, 0.25) is 5.02 Å². The zero-order chi connectivity index (χ0) is 25.1. The van der Waals surface area contributed by atoms with Crippen LogP contribution in [0.3, 0.4) is 0 Å². The molecule has 1 aliphatic carbocycles. The molecule has 3 N–H and O–H groups in total. The minimum Gasteiger partial charge on any atom is -0.490 e. The van der Waals surface area contributed by atoms with Gasteiger partial charge in [0.15, 0.2) is 0 Å². The lowest BCUT2D eigenvalue weighted by Crippen LogP contribution is -2.59. The number of carbonyl (C=O) groups is 2. The highest BCUT2D eigenvalue weighted by atomic mass is 35.5. The van der Waals surface area contributed by atoms with Crippen LogP contribution in [0, 0.1) is 0 Å². The number of nitrogens with one attached hydrogen (secondary N) is 2. The van der Waals surface area contributed by atoms with Crippen molar-refractivity contribution < 1.29 is 19.4 Å². The number of rotatable bonds is 5.